The Hall–Kier alpha value is -0.940. The van der Waals surface area contributed by atoms with Gasteiger partial charge in [-0.15, -0.1) is 0 Å². The molecule has 0 aliphatic heterocycles. The summed E-state index contributed by atoms with van der Waals surface area (Å²) in [5, 5.41) is 1.42. The fourth-order valence-electron chi connectivity index (χ4n) is 0.223. The summed E-state index contributed by atoms with van der Waals surface area (Å²) in [5.74, 6) is 0. The third-order valence-corrected chi connectivity index (χ3v) is 0.564. The van der Waals surface area contributed by atoms with E-state index in [0.29, 0.717) is 0 Å². The summed E-state index contributed by atoms with van der Waals surface area (Å²) in [6.45, 7) is -1.40. The Labute approximate surface area is 55.2 Å². The van der Waals surface area contributed by atoms with Crippen LogP contribution in [0.5, 0.6) is 0 Å². The minimum atomic E-state index is -4.41. The lowest BCUT2D eigenvalue weighted by atomic mass is 10.6. The Balaban J connectivity index is 3.46. The van der Waals surface area contributed by atoms with Crippen LogP contribution >= 0.6 is 0 Å². The highest BCUT2D eigenvalue weighted by molar-refractivity contribution is 5.67. The SMILES string of the molecule is [CH2]OC(=O)NCC(F)(F)F. The second-order valence-electron chi connectivity index (χ2n) is 1.40. The number of carbonyl (C=O) groups is 1. The first-order valence-electron chi connectivity index (χ1n) is 2.22. The van der Waals surface area contributed by atoms with E-state index in [0.717, 1.165) is 0 Å². The molecular formula is C4H5F3NO2. The maximum Gasteiger partial charge on any atom is 0.407 e. The molecule has 0 atom stereocenters. The molecule has 0 spiro atoms. The zero-order valence-corrected chi connectivity index (χ0v) is 4.86. The molecule has 59 valence electrons. The van der Waals surface area contributed by atoms with E-state index in [1.54, 1.807) is 0 Å². The lowest BCUT2D eigenvalue weighted by Crippen LogP contribution is -2.33. The van der Waals surface area contributed by atoms with E-state index in [1.165, 1.54) is 5.32 Å². The molecule has 1 N–H and O–H groups in total. The molecule has 10 heavy (non-hydrogen) atoms. The van der Waals surface area contributed by atoms with E-state index < -0.39 is 18.8 Å². The van der Waals surface area contributed by atoms with E-state index in [4.69, 9.17) is 0 Å². The number of hydrogen-bond acceptors (Lipinski definition) is 2. The molecule has 0 aliphatic carbocycles. The minimum absolute atomic E-state index is 1.20. The van der Waals surface area contributed by atoms with Crippen molar-refractivity contribution < 1.29 is 22.7 Å². The maximum atomic E-state index is 11.3. The van der Waals surface area contributed by atoms with Crippen LogP contribution in [0.25, 0.3) is 0 Å². The Morgan fingerprint density at radius 3 is 2.40 bits per heavy atom. The van der Waals surface area contributed by atoms with Gasteiger partial charge in [0.2, 0.25) is 0 Å². The number of rotatable bonds is 1. The smallest absolute Gasteiger partial charge is 0.407 e. The van der Waals surface area contributed by atoms with E-state index in [9.17, 15) is 18.0 Å². The molecule has 0 bridgehead atoms. The second-order valence-corrected chi connectivity index (χ2v) is 1.40. The average molecular weight is 156 g/mol. The minimum Gasteiger partial charge on any atom is -0.446 e. The lowest BCUT2D eigenvalue weighted by molar-refractivity contribution is -0.123. The van der Waals surface area contributed by atoms with Crippen LogP contribution in [-0.2, 0) is 4.74 Å². The Morgan fingerprint density at radius 1 is 1.60 bits per heavy atom. The molecule has 6 heteroatoms. The summed E-state index contributed by atoms with van der Waals surface area (Å²) >= 11 is 0. The molecule has 0 saturated heterocycles. The number of carbonyl (C=O) groups excluding carboxylic acids is 1. The maximum absolute atomic E-state index is 11.3. The Bertz CT molecular complexity index is 122. The zero-order valence-electron chi connectivity index (χ0n) is 4.86. The molecule has 0 aromatic carbocycles. The second kappa shape index (κ2) is 3.28. The number of nitrogens with one attached hydrogen (secondary N) is 1. The predicted molar refractivity (Wildman–Crippen MR) is 25.9 cm³/mol. The largest absolute Gasteiger partial charge is 0.446 e. The normalized spacial score (nSPS) is 10.8. The molecule has 0 unspecified atom stereocenters. The van der Waals surface area contributed by atoms with Crippen molar-refractivity contribution in [3.8, 4) is 0 Å². The first-order chi connectivity index (χ1) is 4.45. The summed E-state index contributed by atoms with van der Waals surface area (Å²) in [4.78, 5) is 9.96. The fraction of sp³-hybridized carbons (Fsp3) is 0.500. The van der Waals surface area contributed by atoms with E-state index in [1.807, 2.05) is 0 Å². The van der Waals surface area contributed by atoms with Crippen molar-refractivity contribution in [3.63, 3.8) is 0 Å². The number of hydrogen-bond donors (Lipinski definition) is 1. The number of halogens is 3. The Morgan fingerprint density at radius 2 is 2.10 bits per heavy atom. The van der Waals surface area contributed by atoms with Gasteiger partial charge in [0.25, 0.3) is 0 Å². The molecule has 3 nitrogen and oxygen atoms in total. The van der Waals surface area contributed by atoms with Gasteiger partial charge in [-0.05, 0) is 0 Å². The predicted octanol–water partition coefficient (Wildman–Crippen LogP) is 1.07. The van der Waals surface area contributed by atoms with Gasteiger partial charge in [-0.3, -0.25) is 0 Å². The van der Waals surface area contributed by atoms with Gasteiger partial charge in [-0.1, -0.05) is 0 Å². The standard InChI is InChI=1S/C4H5F3NO2/c1-10-3(9)8-2-4(5,6)7/h1-2H2,(H,8,9). The third kappa shape index (κ3) is 5.20. The van der Waals surface area contributed by atoms with Gasteiger partial charge in [0.15, 0.2) is 0 Å². The van der Waals surface area contributed by atoms with Crippen molar-refractivity contribution >= 4 is 6.09 Å². The molecule has 0 aliphatic rings. The molecule has 1 radical (unpaired) electrons. The lowest BCUT2D eigenvalue weighted by Gasteiger charge is -2.05. The summed E-state index contributed by atoms with van der Waals surface area (Å²) in [5.41, 5.74) is 0. The first-order valence-corrected chi connectivity index (χ1v) is 2.22. The van der Waals surface area contributed by atoms with Crippen molar-refractivity contribution in [3.05, 3.63) is 7.11 Å². The van der Waals surface area contributed by atoms with E-state index in [2.05, 4.69) is 11.8 Å². The van der Waals surface area contributed by atoms with Crippen molar-refractivity contribution in [1.29, 1.82) is 0 Å². The summed E-state index contributed by atoms with van der Waals surface area (Å²) in [7, 11) is 2.61. The number of alkyl carbamates (subject to hydrolysis) is 1. The fourth-order valence-corrected chi connectivity index (χ4v) is 0.223. The highest BCUT2D eigenvalue weighted by Gasteiger charge is 2.27. The summed E-state index contributed by atoms with van der Waals surface area (Å²) in [6, 6.07) is 0. The number of amides is 1. The van der Waals surface area contributed by atoms with Gasteiger partial charge < -0.3 is 10.1 Å². The third-order valence-electron chi connectivity index (χ3n) is 0.564. The van der Waals surface area contributed by atoms with Crippen LogP contribution < -0.4 is 5.32 Å². The monoisotopic (exact) mass is 156 g/mol. The van der Waals surface area contributed by atoms with Crippen LogP contribution in [0.3, 0.4) is 0 Å². The molecule has 0 aromatic heterocycles. The number of ether oxygens (including phenoxy) is 1. The van der Waals surface area contributed by atoms with Crippen LogP contribution in [0.2, 0.25) is 0 Å². The van der Waals surface area contributed by atoms with Gasteiger partial charge >= 0.3 is 12.3 Å². The van der Waals surface area contributed by atoms with Gasteiger partial charge in [0.1, 0.15) is 13.7 Å². The van der Waals surface area contributed by atoms with Crippen LogP contribution in [0.1, 0.15) is 0 Å². The zero-order chi connectivity index (χ0) is 8.20. The highest BCUT2D eigenvalue weighted by Crippen LogP contribution is 2.11. The van der Waals surface area contributed by atoms with Crippen LogP contribution in [0.15, 0.2) is 0 Å². The molecule has 0 aromatic rings. The first kappa shape index (κ1) is 9.06. The molecule has 0 saturated carbocycles. The van der Waals surface area contributed by atoms with Crippen molar-refractivity contribution in [2.45, 2.75) is 6.18 Å². The van der Waals surface area contributed by atoms with Gasteiger partial charge in [0, 0.05) is 0 Å². The van der Waals surface area contributed by atoms with Crippen LogP contribution in [0, 0.1) is 7.11 Å². The quantitative estimate of drug-likeness (QED) is 0.616. The topological polar surface area (TPSA) is 38.3 Å². The van der Waals surface area contributed by atoms with Crippen LogP contribution in [0.4, 0.5) is 18.0 Å². The van der Waals surface area contributed by atoms with Crippen molar-refractivity contribution in [2.75, 3.05) is 6.54 Å². The highest BCUT2D eigenvalue weighted by atomic mass is 19.4. The van der Waals surface area contributed by atoms with E-state index in [-0.39, 0.29) is 0 Å². The van der Waals surface area contributed by atoms with E-state index >= 15 is 0 Å². The molecule has 0 rings (SSSR count). The molecule has 0 heterocycles. The summed E-state index contributed by atoms with van der Waals surface area (Å²) in [6.07, 6.45) is -5.61. The molecule has 0 fully saturated rings. The number of alkyl halides is 3. The molecular weight excluding hydrogens is 151 g/mol. The van der Waals surface area contributed by atoms with Gasteiger partial charge in [-0.2, -0.15) is 13.2 Å². The van der Waals surface area contributed by atoms with Gasteiger partial charge in [-0.25, -0.2) is 4.79 Å². The average Bonchev–Trinajstić information content (AvgIpc) is 1.81. The van der Waals surface area contributed by atoms with Crippen molar-refractivity contribution in [2.24, 2.45) is 0 Å². The molecule has 1 amide bonds. The van der Waals surface area contributed by atoms with Gasteiger partial charge in [0.05, 0.1) is 0 Å². The summed E-state index contributed by atoms with van der Waals surface area (Å²) < 4.78 is 37.4. The van der Waals surface area contributed by atoms with Crippen LogP contribution in [-0.4, -0.2) is 18.8 Å². The Kier molecular flexibility index (Phi) is 2.98. The van der Waals surface area contributed by atoms with Crippen molar-refractivity contribution in [1.82, 2.24) is 5.32 Å².